The van der Waals surface area contributed by atoms with Crippen LogP contribution in [0, 0.1) is 0 Å². The van der Waals surface area contributed by atoms with Crippen LogP contribution >= 0.6 is 0 Å². The van der Waals surface area contributed by atoms with Gasteiger partial charge in [-0.3, -0.25) is 4.79 Å². The van der Waals surface area contributed by atoms with Crippen molar-refractivity contribution in [1.82, 2.24) is 4.31 Å². The molecular formula is C23H26N2O5S. The predicted octanol–water partition coefficient (Wildman–Crippen LogP) is 2.71. The summed E-state index contributed by atoms with van der Waals surface area (Å²) in [6.07, 6.45) is 5.06. The number of carbonyl (C=O) groups excluding carboxylic acids is 1. The van der Waals surface area contributed by atoms with Crippen molar-refractivity contribution in [2.24, 2.45) is 0 Å². The largest absolute Gasteiger partial charge is 0.497 e. The van der Waals surface area contributed by atoms with E-state index in [2.05, 4.69) is 0 Å². The summed E-state index contributed by atoms with van der Waals surface area (Å²) in [5, 5.41) is 0. The van der Waals surface area contributed by atoms with Crippen LogP contribution in [0.25, 0.3) is 6.08 Å². The number of ether oxygens (including phenoxy) is 2. The van der Waals surface area contributed by atoms with E-state index in [4.69, 9.17) is 9.47 Å². The number of fused-ring (bicyclic) bond motifs is 1. The van der Waals surface area contributed by atoms with Gasteiger partial charge in [-0.2, -0.15) is 4.31 Å². The molecule has 0 atom stereocenters. The number of nitrogens with zero attached hydrogens (tertiary/aromatic N) is 2. The van der Waals surface area contributed by atoms with E-state index >= 15 is 0 Å². The van der Waals surface area contributed by atoms with Gasteiger partial charge in [0, 0.05) is 31.4 Å². The third-order valence-corrected chi connectivity index (χ3v) is 7.49. The summed E-state index contributed by atoms with van der Waals surface area (Å²) in [6.45, 7) is 2.21. The summed E-state index contributed by atoms with van der Waals surface area (Å²) in [5.74, 6) is 0.687. The van der Waals surface area contributed by atoms with E-state index in [1.54, 1.807) is 42.4 Å². The molecule has 1 saturated heterocycles. The molecule has 7 nitrogen and oxygen atoms in total. The second-order valence-corrected chi connectivity index (χ2v) is 9.44. The fourth-order valence-corrected chi connectivity index (χ4v) is 5.28. The van der Waals surface area contributed by atoms with Gasteiger partial charge in [-0.1, -0.05) is 12.1 Å². The molecule has 164 valence electrons. The summed E-state index contributed by atoms with van der Waals surface area (Å²) in [5.41, 5.74) is 2.78. The Kier molecular flexibility index (Phi) is 6.41. The van der Waals surface area contributed by atoms with Crippen LogP contribution in [0.1, 0.15) is 17.5 Å². The van der Waals surface area contributed by atoms with Gasteiger partial charge < -0.3 is 14.4 Å². The Morgan fingerprint density at radius 1 is 1.06 bits per heavy atom. The van der Waals surface area contributed by atoms with Crippen LogP contribution in [-0.2, 0) is 26.0 Å². The van der Waals surface area contributed by atoms with E-state index in [1.165, 1.54) is 10.4 Å². The first-order valence-corrected chi connectivity index (χ1v) is 11.8. The average molecular weight is 443 g/mol. The number of rotatable bonds is 5. The Balaban J connectivity index is 1.46. The van der Waals surface area contributed by atoms with E-state index in [1.807, 2.05) is 18.2 Å². The molecule has 8 heteroatoms. The van der Waals surface area contributed by atoms with Crippen molar-refractivity contribution in [1.29, 1.82) is 0 Å². The van der Waals surface area contributed by atoms with Gasteiger partial charge in [0.05, 0.1) is 25.2 Å². The summed E-state index contributed by atoms with van der Waals surface area (Å²) < 4.78 is 37.4. The lowest BCUT2D eigenvalue weighted by Crippen LogP contribution is -2.40. The molecule has 0 unspecified atom stereocenters. The summed E-state index contributed by atoms with van der Waals surface area (Å²) in [4.78, 5) is 14.8. The zero-order chi connectivity index (χ0) is 21.8. The number of sulfonamides is 1. The van der Waals surface area contributed by atoms with Gasteiger partial charge in [0.25, 0.3) is 5.91 Å². The molecule has 1 fully saturated rings. The van der Waals surface area contributed by atoms with Crippen molar-refractivity contribution in [3.8, 4) is 5.75 Å². The number of anilines is 1. The summed E-state index contributed by atoms with van der Waals surface area (Å²) in [7, 11) is -1.89. The van der Waals surface area contributed by atoms with Crippen LogP contribution < -0.4 is 9.64 Å². The maximum absolute atomic E-state index is 12.8. The smallest absolute Gasteiger partial charge is 0.250 e. The number of aryl methyl sites for hydroxylation is 1. The Hall–Kier alpha value is -2.68. The fraction of sp³-hybridized carbons (Fsp3) is 0.348. The van der Waals surface area contributed by atoms with E-state index in [0.29, 0.717) is 32.8 Å². The lowest BCUT2D eigenvalue weighted by atomic mass is 10.0. The Morgan fingerprint density at radius 2 is 1.81 bits per heavy atom. The van der Waals surface area contributed by atoms with Gasteiger partial charge in [0.15, 0.2) is 0 Å². The Labute approximate surface area is 182 Å². The van der Waals surface area contributed by atoms with Crippen LogP contribution in [-0.4, -0.2) is 58.6 Å². The van der Waals surface area contributed by atoms with Crippen molar-refractivity contribution in [2.75, 3.05) is 44.9 Å². The first kappa shape index (κ1) is 21.5. The summed E-state index contributed by atoms with van der Waals surface area (Å²) in [6, 6.07) is 12.4. The quantitative estimate of drug-likeness (QED) is 0.666. The van der Waals surface area contributed by atoms with Gasteiger partial charge in [0.2, 0.25) is 10.0 Å². The van der Waals surface area contributed by atoms with Gasteiger partial charge in [-0.05, 0) is 60.4 Å². The molecule has 31 heavy (non-hydrogen) atoms. The molecule has 0 aliphatic carbocycles. The number of hydrogen-bond donors (Lipinski definition) is 0. The molecule has 2 aromatic rings. The maximum atomic E-state index is 12.8. The van der Waals surface area contributed by atoms with Crippen LogP contribution in [0.5, 0.6) is 5.75 Å². The fourth-order valence-electron chi connectivity index (χ4n) is 3.87. The Morgan fingerprint density at radius 3 is 2.52 bits per heavy atom. The number of hydrogen-bond acceptors (Lipinski definition) is 5. The maximum Gasteiger partial charge on any atom is 0.250 e. The molecule has 0 bridgehead atoms. The minimum Gasteiger partial charge on any atom is -0.497 e. The first-order valence-electron chi connectivity index (χ1n) is 10.3. The second-order valence-electron chi connectivity index (χ2n) is 7.51. The van der Waals surface area contributed by atoms with Gasteiger partial charge in [-0.25, -0.2) is 8.42 Å². The molecular weight excluding hydrogens is 416 g/mol. The molecule has 0 spiro atoms. The molecule has 0 saturated carbocycles. The molecule has 0 N–H and O–H groups in total. The minimum atomic E-state index is -3.52. The van der Waals surface area contributed by atoms with Crippen LogP contribution in [0.4, 0.5) is 5.69 Å². The minimum absolute atomic E-state index is 0.101. The molecule has 1 amide bonds. The highest BCUT2D eigenvalue weighted by Crippen LogP contribution is 2.30. The van der Waals surface area contributed by atoms with Crippen molar-refractivity contribution in [2.45, 2.75) is 17.7 Å². The number of morpholine rings is 1. The monoisotopic (exact) mass is 442 g/mol. The average Bonchev–Trinajstić information content (AvgIpc) is 2.82. The van der Waals surface area contributed by atoms with Crippen LogP contribution in [0.15, 0.2) is 53.4 Å². The number of carbonyl (C=O) groups is 1. The van der Waals surface area contributed by atoms with E-state index in [-0.39, 0.29) is 10.8 Å². The highest BCUT2D eigenvalue weighted by atomic mass is 32.2. The lowest BCUT2D eigenvalue weighted by Gasteiger charge is -2.29. The van der Waals surface area contributed by atoms with Crippen molar-refractivity contribution in [3.63, 3.8) is 0 Å². The highest BCUT2D eigenvalue weighted by Gasteiger charge is 2.26. The van der Waals surface area contributed by atoms with Crippen molar-refractivity contribution in [3.05, 3.63) is 59.7 Å². The van der Waals surface area contributed by atoms with Gasteiger partial charge in [0.1, 0.15) is 5.75 Å². The highest BCUT2D eigenvalue weighted by molar-refractivity contribution is 7.89. The van der Waals surface area contributed by atoms with E-state index < -0.39 is 10.0 Å². The molecule has 2 heterocycles. The second kappa shape index (κ2) is 9.21. The van der Waals surface area contributed by atoms with Crippen molar-refractivity contribution >= 4 is 27.7 Å². The molecule has 2 aromatic carbocycles. The predicted molar refractivity (Wildman–Crippen MR) is 119 cm³/mol. The zero-order valence-corrected chi connectivity index (χ0v) is 18.3. The zero-order valence-electron chi connectivity index (χ0n) is 17.5. The van der Waals surface area contributed by atoms with Crippen LogP contribution in [0.2, 0.25) is 0 Å². The third-order valence-electron chi connectivity index (χ3n) is 5.58. The van der Waals surface area contributed by atoms with Gasteiger partial charge >= 0.3 is 0 Å². The van der Waals surface area contributed by atoms with E-state index in [9.17, 15) is 13.2 Å². The van der Waals surface area contributed by atoms with Gasteiger partial charge in [-0.15, -0.1) is 0 Å². The Bertz CT molecular complexity index is 1070. The molecule has 2 aliphatic rings. The van der Waals surface area contributed by atoms with Crippen LogP contribution in [0.3, 0.4) is 0 Å². The molecule has 4 rings (SSSR count). The molecule has 2 aliphatic heterocycles. The molecule has 0 aromatic heterocycles. The number of amides is 1. The SMILES string of the molecule is COc1ccc2c(c1)CCCN2C(=O)/C=C/c1ccc(S(=O)(=O)N2CCOCC2)cc1. The standard InChI is InChI=1S/C23H26N2O5S/c1-29-20-7-10-22-19(17-20)3-2-12-25(22)23(26)11-6-18-4-8-21(9-5-18)31(27,28)24-13-15-30-16-14-24/h4-11,17H,2-3,12-16H2,1H3/b11-6+. The lowest BCUT2D eigenvalue weighted by molar-refractivity contribution is -0.114. The third kappa shape index (κ3) is 4.66. The normalized spacial score (nSPS) is 17.5. The molecule has 0 radical (unpaired) electrons. The summed E-state index contributed by atoms with van der Waals surface area (Å²) >= 11 is 0. The topological polar surface area (TPSA) is 76.2 Å². The van der Waals surface area contributed by atoms with Crippen molar-refractivity contribution < 1.29 is 22.7 Å². The number of benzene rings is 2. The first-order chi connectivity index (χ1) is 15.0. The number of methoxy groups -OCH3 is 1. The van der Waals surface area contributed by atoms with E-state index in [0.717, 1.165) is 35.4 Å².